The number of carboxylic acid groups (broad SMARTS) is 1. The molecule has 2 N–H and O–H groups in total. The van der Waals surface area contributed by atoms with Gasteiger partial charge in [-0.15, -0.1) is 0 Å². The van der Waals surface area contributed by atoms with Crippen LogP contribution in [-0.4, -0.2) is 35.8 Å². The SMILES string of the molecule is CC1CCC(CCC(=O)Nc2ccc(OCC(=O)O)c3ccccc23)O1. The van der Waals surface area contributed by atoms with Crippen LogP contribution in [0.4, 0.5) is 5.69 Å². The lowest BCUT2D eigenvalue weighted by Gasteiger charge is -2.14. The van der Waals surface area contributed by atoms with Gasteiger partial charge in [-0.2, -0.15) is 0 Å². The lowest BCUT2D eigenvalue weighted by molar-refractivity contribution is -0.139. The van der Waals surface area contributed by atoms with Gasteiger partial charge in [0, 0.05) is 22.9 Å². The molecule has 6 heteroatoms. The molecular weight excluding hydrogens is 334 g/mol. The largest absolute Gasteiger partial charge is 0.481 e. The molecule has 0 saturated carbocycles. The highest BCUT2D eigenvalue weighted by Crippen LogP contribution is 2.32. The molecule has 2 atom stereocenters. The zero-order valence-corrected chi connectivity index (χ0v) is 14.7. The van der Waals surface area contributed by atoms with Gasteiger partial charge in [0.05, 0.1) is 12.2 Å². The highest BCUT2D eigenvalue weighted by Gasteiger charge is 2.22. The minimum atomic E-state index is -1.03. The summed E-state index contributed by atoms with van der Waals surface area (Å²) in [6.45, 7) is 1.65. The van der Waals surface area contributed by atoms with E-state index in [2.05, 4.69) is 12.2 Å². The van der Waals surface area contributed by atoms with Crippen LogP contribution in [-0.2, 0) is 14.3 Å². The number of hydrogen-bond donors (Lipinski definition) is 2. The molecule has 1 amide bonds. The van der Waals surface area contributed by atoms with Gasteiger partial charge < -0.3 is 19.9 Å². The van der Waals surface area contributed by atoms with E-state index in [4.69, 9.17) is 14.6 Å². The molecule has 1 aliphatic heterocycles. The zero-order valence-electron chi connectivity index (χ0n) is 14.7. The molecule has 2 aromatic rings. The quantitative estimate of drug-likeness (QED) is 0.791. The highest BCUT2D eigenvalue weighted by molar-refractivity contribution is 6.04. The van der Waals surface area contributed by atoms with E-state index in [1.165, 1.54) is 0 Å². The van der Waals surface area contributed by atoms with E-state index in [1.54, 1.807) is 12.1 Å². The summed E-state index contributed by atoms with van der Waals surface area (Å²) in [5.41, 5.74) is 0.689. The van der Waals surface area contributed by atoms with Gasteiger partial charge in [-0.1, -0.05) is 24.3 Å². The molecule has 1 saturated heterocycles. The maximum absolute atomic E-state index is 12.3. The van der Waals surface area contributed by atoms with Crippen LogP contribution >= 0.6 is 0 Å². The summed E-state index contributed by atoms with van der Waals surface area (Å²) in [6, 6.07) is 10.9. The first kappa shape index (κ1) is 18.2. The third-order valence-electron chi connectivity index (χ3n) is 4.52. The monoisotopic (exact) mass is 357 g/mol. The van der Waals surface area contributed by atoms with Crippen molar-refractivity contribution in [1.82, 2.24) is 0 Å². The molecule has 2 unspecified atom stereocenters. The summed E-state index contributed by atoms with van der Waals surface area (Å²) in [5, 5.41) is 13.3. The van der Waals surface area contributed by atoms with E-state index in [0.717, 1.165) is 23.6 Å². The van der Waals surface area contributed by atoms with E-state index < -0.39 is 12.6 Å². The summed E-state index contributed by atoms with van der Waals surface area (Å²) < 4.78 is 11.1. The average molecular weight is 357 g/mol. The van der Waals surface area contributed by atoms with Crippen molar-refractivity contribution in [3.8, 4) is 5.75 Å². The fourth-order valence-electron chi connectivity index (χ4n) is 3.25. The number of ether oxygens (including phenoxy) is 2. The van der Waals surface area contributed by atoms with Crippen molar-refractivity contribution in [3.05, 3.63) is 36.4 Å². The van der Waals surface area contributed by atoms with Crippen molar-refractivity contribution in [2.75, 3.05) is 11.9 Å². The Hall–Kier alpha value is -2.60. The fourth-order valence-corrected chi connectivity index (χ4v) is 3.25. The molecule has 0 bridgehead atoms. The number of fused-ring (bicyclic) bond motifs is 1. The Kier molecular flexibility index (Phi) is 5.73. The van der Waals surface area contributed by atoms with Crippen molar-refractivity contribution in [2.45, 2.75) is 44.8 Å². The molecule has 1 fully saturated rings. The predicted molar refractivity (Wildman–Crippen MR) is 98.5 cm³/mol. The lowest BCUT2D eigenvalue weighted by Crippen LogP contribution is -2.16. The molecule has 1 heterocycles. The molecule has 0 spiro atoms. The van der Waals surface area contributed by atoms with Crippen LogP contribution < -0.4 is 10.1 Å². The second kappa shape index (κ2) is 8.19. The second-order valence-corrected chi connectivity index (χ2v) is 6.57. The second-order valence-electron chi connectivity index (χ2n) is 6.57. The van der Waals surface area contributed by atoms with Gasteiger partial charge in [-0.3, -0.25) is 4.79 Å². The minimum Gasteiger partial charge on any atom is -0.481 e. The van der Waals surface area contributed by atoms with Crippen molar-refractivity contribution in [1.29, 1.82) is 0 Å². The Bertz CT molecular complexity index is 804. The van der Waals surface area contributed by atoms with Crippen molar-refractivity contribution < 1.29 is 24.2 Å². The Balaban J connectivity index is 1.68. The summed E-state index contributed by atoms with van der Waals surface area (Å²) in [7, 11) is 0. The van der Waals surface area contributed by atoms with E-state index in [0.29, 0.717) is 24.3 Å². The summed E-state index contributed by atoms with van der Waals surface area (Å²) >= 11 is 0. The molecule has 0 aliphatic carbocycles. The first-order chi connectivity index (χ1) is 12.5. The normalized spacial score (nSPS) is 19.4. The first-order valence-corrected chi connectivity index (χ1v) is 8.84. The van der Waals surface area contributed by atoms with Crippen LogP contribution in [0, 0.1) is 0 Å². The number of aliphatic carboxylic acids is 1. The van der Waals surface area contributed by atoms with E-state index in [9.17, 15) is 9.59 Å². The third-order valence-corrected chi connectivity index (χ3v) is 4.52. The van der Waals surface area contributed by atoms with Crippen molar-refractivity contribution in [3.63, 3.8) is 0 Å². The van der Waals surface area contributed by atoms with Crippen LogP contribution in [0.5, 0.6) is 5.75 Å². The van der Waals surface area contributed by atoms with E-state index >= 15 is 0 Å². The van der Waals surface area contributed by atoms with Gasteiger partial charge in [0.25, 0.3) is 0 Å². The average Bonchev–Trinajstić information content (AvgIpc) is 3.04. The number of benzene rings is 2. The Morgan fingerprint density at radius 2 is 1.96 bits per heavy atom. The summed E-state index contributed by atoms with van der Waals surface area (Å²) in [4.78, 5) is 23.0. The molecule has 3 rings (SSSR count). The summed E-state index contributed by atoms with van der Waals surface area (Å²) in [6.07, 6.45) is 3.63. The van der Waals surface area contributed by atoms with E-state index in [1.807, 2.05) is 24.3 Å². The molecule has 0 aromatic heterocycles. The maximum atomic E-state index is 12.3. The Morgan fingerprint density at radius 1 is 1.19 bits per heavy atom. The number of amides is 1. The lowest BCUT2D eigenvalue weighted by atomic mass is 10.1. The molecule has 1 aliphatic rings. The standard InChI is InChI=1S/C20H23NO5/c1-13-6-7-14(26-13)8-11-19(22)21-17-9-10-18(25-12-20(23)24)16-5-3-2-4-15(16)17/h2-5,9-10,13-14H,6-8,11-12H2,1H3,(H,21,22)(H,23,24). The van der Waals surface area contributed by atoms with Gasteiger partial charge in [-0.05, 0) is 38.3 Å². The number of carboxylic acids is 1. The van der Waals surface area contributed by atoms with E-state index in [-0.39, 0.29) is 18.1 Å². The van der Waals surface area contributed by atoms with Crippen LogP contribution in [0.2, 0.25) is 0 Å². The molecular formula is C20H23NO5. The van der Waals surface area contributed by atoms with Crippen molar-refractivity contribution >= 4 is 28.3 Å². The third kappa shape index (κ3) is 4.52. The van der Waals surface area contributed by atoms with Crippen LogP contribution in [0.25, 0.3) is 10.8 Å². The number of rotatable bonds is 7. The number of nitrogens with one attached hydrogen (secondary N) is 1. The maximum Gasteiger partial charge on any atom is 0.341 e. The fraction of sp³-hybridized carbons (Fsp3) is 0.400. The van der Waals surface area contributed by atoms with Gasteiger partial charge in [-0.25, -0.2) is 4.79 Å². The minimum absolute atomic E-state index is 0.0579. The van der Waals surface area contributed by atoms with Crippen molar-refractivity contribution in [2.24, 2.45) is 0 Å². The number of hydrogen-bond acceptors (Lipinski definition) is 4. The Labute approximate surface area is 152 Å². The smallest absolute Gasteiger partial charge is 0.341 e. The predicted octanol–water partition coefficient (Wildman–Crippen LogP) is 3.59. The summed E-state index contributed by atoms with van der Waals surface area (Å²) in [5.74, 6) is -0.609. The Morgan fingerprint density at radius 3 is 2.65 bits per heavy atom. The molecule has 26 heavy (non-hydrogen) atoms. The van der Waals surface area contributed by atoms with Gasteiger partial charge in [0.1, 0.15) is 5.75 Å². The zero-order chi connectivity index (χ0) is 18.5. The van der Waals surface area contributed by atoms with Crippen LogP contribution in [0.15, 0.2) is 36.4 Å². The van der Waals surface area contributed by atoms with Gasteiger partial charge >= 0.3 is 5.97 Å². The molecule has 0 radical (unpaired) electrons. The van der Waals surface area contributed by atoms with Crippen LogP contribution in [0.1, 0.15) is 32.6 Å². The molecule has 138 valence electrons. The van der Waals surface area contributed by atoms with Crippen LogP contribution in [0.3, 0.4) is 0 Å². The van der Waals surface area contributed by atoms with Gasteiger partial charge in [0.2, 0.25) is 5.91 Å². The molecule has 6 nitrogen and oxygen atoms in total. The highest BCUT2D eigenvalue weighted by atomic mass is 16.5. The molecule has 2 aromatic carbocycles. The first-order valence-electron chi connectivity index (χ1n) is 8.84. The number of carbonyl (C=O) groups excluding carboxylic acids is 1. The number of carbonyl (C=O) groups is 2. The number of anilines is 1. The van der Waals surface area contributed by atoms with Gasteiger partial charge in [0.15, 0.2) is 6.61 Å². The topological polar surface area (TPSA) is 84.9 Å².